The van der Waals surface area contributed by atoms with E-state index in [1.807, 2.05) is 0 Å². The van der Waals surface area contributed by atoms with Crippen molar-refractivity contribution in [3.05, 3.63) is 39.3 Å². The maximum atomic E-state index is 12.4. The minimum Gasteiger partial charge on any atom is -0.319 e. The number of amides is 1. The molecular formula is C19H22N4O2S. The third-order valence-electron chi connectivity index (χ3n) is 6.50. The molecule has 0 saturated heterocycles. The van der Waals surface area contributed by atoms with Crippen molar-refractivity contribution < 1.29 is 4.79 Å². The van der Waals surface area contributed by atoms with E-state index in [2.05, 4.69) is 15.5 Å². The first-order valence-electron chi connectivity index (χ1n) is 9.33. The van der Waals surface area contributed by atoms with Gasteiger partial charge in [0.1, 0.15) is 5.01 Å². The second-order valence-corrected chi connectivity index (χ2v) is 9.41. The fourth-order valence-corrected chi connectivity index (χ4v) is 6.68. The van der Waals surface area contributed by atoms with Crippen LogP contribution in [0.25, 0.3) is 0 Å². The molecule has 4 bridgehead atoms. The minimum absolute atomic E-state index is 0.193. The first-order chi connectivity index (χ1) is 12.5. The number of aromatic nitrogens is 3. The zero-order valence-corrected chi connectivity index (χ0v) is 15.6. The fraction of sp³-hybridized carbons (Fsp3) is 0.579. The van der Waals surface area contributed by atoms with E-state index >= 15 is 0 Å². The first kappa shape index (κ1) is 16.2. The topological polar surface area (TPSA) is 76.9 Å². The fourth-order valence-electron chi connectivity index (χ4n) is 5.72. The van der Waals surface area contributed by atoms with E-state index < -0.39 is 0 Å². The standard InChI is InChI=1S/C19H22N4O2S/c1-23-3-2-14(7-15(23)24)16(25)20-18-22-21-17(26-18)19-8-11-4-12(9-19)6-13(5-11)10-19/h2-3,7,11-13H,4-6,8-10H2,1H3,(H,20,22,25). The molecule has 2 aromatic rings. The lowest BCUT2D eigenvalue weighted by Crippen LogP contribution is -2.48. The molecule has 0 spiro atoms. The highest BCUT2D eigenvalue weighted by Crippen LogP contribution is 2.61. The molecule has 4 aliphatic carbocycles. The van der Waals surface area contributed by atoms with Gasteiger partial charge in [-0.25, -0.2) is 0 Å². The van der Waals surface area contributed by atoms with Crippen LogP contribution in [0.4, 0.5) is 5.13 Å². The average molecular weight is 370 g/mol. The quantitative estimate of drug-likeness (QED) is 0.901. The zero-order valence-electron chi connectivity index (χ0n) is 14.8. The summed E-state index contributed by atoms with van der Waals surface area (Å²) in [6.07, 6.45) is 9.47. The summed E-state index contributed by atoms with van der Waals surface area (Å²) in [5.41, 5.74) is 0.335. The summed E-state index contributed by atoms with van der Waals surface area (Å²) in [6.45, 7) is 0. The van der Waals surface area contributed by atoms with Crippen LogP contribution in [-0.4, -0.2) is 20.7 Å². The molecule has 1 N–H and O–H groups in total. The van der Waals surface area contributed by atoms with Gasteiger partial charge in [-0.3, -0.25) is 14.9 Å². The van der Waals surface area contributed by atoms with Crippen LogP contribution in [0, 0.1) is 17.8 Å². The van der Waals surface area contributed by atoms with Gasteiger partial charge in [0.25, 0.3) is 11.5 Å². The van der Waals surface area contributed by atoms with Gasteiger partial charge in [0.2, 0.25) is 5.13 Å². The molecule has 6 nitrogen and oxygen atoms in total. The molecule has 0 aromatic carbocycles. The Bertz CT molecular complexity index is 896. The van der Waals surface area contributed by atoms with Crippen molar-refractivity contribution in [1.29, 1.82) is 0 Å². The van der Waals surface area contributed by atoms with Crippen molar-refractivity contribution in [3.8, 4) is 0 Å². The van der Waals surface area contributed by atoms with Crippen molar-refractivity contribution in [2.75, 3.05) is 5.32 Å². The predicted octanol–water partition coefficient (Wildman–Crippen LogP) is 2.96. The highest BCUT2D eigenvalue weighted by molar-refractivity contribution is 7.15. The molecule has 2 heterocycles. The largest absolute Gasteiger partial charge is 0.319 e. The van der Waals surface area contributed by atoms with Gasteiger partial charge in [-0.05, 0) is 62.3 Å². The second kappa shape index (κ2) is 5.74. The van der Waals surface area contributed by atoms with Gasteiger partial charge in [0.15, 0.2) is 0 Å². The Kier molecular flexibility index (Phi) is 3.57. The SMILES string of the molecule is Cn1ccc(C(=O)Nc2nnc(C34CC5CC(CC(C5)C3)C4)s2)cc1=O. The molecule has 0 radical (unpaired) electrons. The minimum atomic E-state index is -0.309. The predicted molar refractivity (Wildman–Crippen MR) is 99.4 cm³/mol. The maximum absolute atomic E-state index is 12.4. The van der Waals surface area contributed by atoms with Gasteiger partial charge in [0, 0.05) is 30.3 Å². The molecule has 6 rings (SSSR count). The van der Waals surface area contributed by atoms with E-state index in [4.69, 9.17) is 0 Å². The highest BCUT2D eigenvalue weighted by Gasteiger charge is 2.53. The summed E-state index contributed by atoms with van der Waals surface area (Å²) in [5, 5.41) is 13.1. The first-order valence-corrected chi connectivity index (χ1v) is 10.1. The number of pyridine rings is 1. The summed E-state index contributed by atoms with van der Waals surface area (Å²) >= 11 is 1.51. The molecule has 4 fully saturated rings. The van der Waals surface area contributed by atoms with E-state index in [1.54, 1.807) is 19.3 Å². The second-order valence-electron chi connectivity index (χ2n) is 8.43. The number of hydrogen-bond acceptors (Lipinski definition) is 5. The molecule has 4 aliphatic rings. The zero-order chi connectivity index (χ0) is 17.9. The molecule has 0 aliphatic heterocycles. The van der Waals surface area contributed by atoms with Crippen LogP contribution in [0.1, 0.15) is 53.9 Å². The number of nitrogens with zero attached hydrogens (tertiary/aromatic N) is 3. The summed E-state index contributed by atoms with van der Waals surface area (Å²) < 4.78 is 1.44. The lowest BCUT2D eigenvalue weighted by Gasteiger charge is -2.55. The number of carbonyl (C=O) groups is 1. The molecule has 26 heavy (non-hydrogen) atoms. The van der Waals surface area contributed by atoms with E-state index in [1.165, 1.54) is 60.5 Å². The van der Waals surface area contributed by atoms with Crippen molar-refractivity contribution in [1.82, 2.24) is 14.8 Å². The molecule has 1 amide bonds. The number of hydrogen-bond donors (Lipinski definition) is 1. The third-order valence-corrected chi connectivity index (χ3v) is 7.59. The Hall–Kier alpha value is -2.02. The van der Waals surface area contributed by atoms with Gasteiger partial charge in [-0.2, -0.15) is 0 Å². The van der Waals surface area contributed by atoms with Crippen LogP contribution in [0.3, 0.4) is 0 Å². The highest BCUT2D eigenvalue weighted by atomic mass is 32.1. The Morgan fingerprint density at radius 1 is 1.19 bits per heavy atom. The Morgan fingerprint density at radius 3 is 2.46 bits per heavy atom. The summed E-state index contributed by atoms with van der Waals surface area (Å²) in [7, 11) is 1.66. The van der Waals surface area contributed by atoms with Crippen LogP contribution in [0.15, 0.2) is 23.1 Å². The van der Waals surface area contributed by atoms with Gasteiger partial charge < -0.3 is 4.57 Å². The van der Waals surface area contributed by atoms with Crippen molar-refractivity contribution in [2.24, 2.45) is 24.8 Å². The normalized spacial score (nSPS) is 32.0. The van der Waals surface area contributed by atoms with E-state index in [9.17, 15) is 9.59 Å². The van der Waals surface area contributed by atoms with Crippen LogP contribution in [0.2, 0.25) is 0 Å². The molecule has 136 valence electrons. The van der Waals surface area contributed by atoms with E-state index in [0.29, 0.717) is 10.7 Å². The molecule has 0 atom stereocenters. The van der Waals surface area contributed by atoms with E-state index in [-0.39, 0.29) is 16.9 Å². The molecule has 0 unspecified atom stereocenters. The van der Waals surface area contributed by atoms with E-state index in [0.717, 1.165) is 22.8 Å². The van der Waals surface area contributed by atoms with Gasteiger partial charge in [0.05, 0.1) is 0 Å². The number of nitrogens with one attached hydrogen (secondary N) is 1. The Morgan fingerprint density at radius 2 is 1.85 bits per heavy atom. The van der Waals surface area contributed by atoms with Crippen molar-refractivity contribution in [2.45, 2.75) is 43.9 Å². The molecular weight excluding hydrogens is 348 g/mol. The smallest absolute Gasteiger partial charge is 0.257 e. The molecule has 7 heteroatoms. The lowest BCUT2D eigenvalue weighted by molar-refractivity contribution is -0.00555. The van der Waals surface area contributed by atoms with Gasteiger partial charge in [-0.1, -0.05) is 11.3 Å². The summed E-state index contributed by atoms with van der Waals surface area (Å²) in [4.78, 5) is 24.1. The van der Waals surface area contributed by atoms with Crippen LogP contribution in [0.5, 0.6) is 0 Å². The Balaban J connectivity index is 1.36. The van der Waals surface area contributed by atoms with Gasteiger partial charge >= 0.3 is 0 Å². The number of anilines is 1. The van der Waals surface area contributed by atoms with Crippen LogP contribution >= 0.6 is 11.3 Å². The maximum Gasteiger partial charge on any atom is 0.257 e. The van der Waals surface area contributed by atoms with Crippen molar-refractivity contribution in [3.63, 3.8) is 0 Å². The number of rotatable bonds is 3. The third kappa shape index (κ3) is 2.60. The summed E-state index contributed by atoms with van der Waals surface area (Å²) in [5.74, 6) is 2.24. The van der Waals surface area contributed by atoms with Crippen molar-refractivity contribution >= 4 is 22.4 Å². The van der Waals surface area contributed by atoms with Gasteiger partial charge in [-0.15, -0.1) is 10.2 Å². The van der Waals surface area contributed by atoms with Crippen LogP contribution in [-0.2, 0) is 12.5 Å². The summed E-state index contributed by atoms with van der Waals surface area (Å²) in [6, 6.07) is 2.98. The lowest BCUT2D eigenvalue weighted by atomic mass is 9.50. The monoisotopic (exact) mass is 370 g/mol. The molecule has 4 saturated carbocycles. The molecule has 2 aromatic heterocycles. The van der Waals surface area contributed by atoms with Crippen LogP contribution < -0.4 is 10.9 Å². The Labute approximate surface area is 155 Å². The average Bonchev–Trinajstić information content (AvgIpc) is 3.05. The number of aryl methyl sites for hydroxylation is 1. The number of carbonyl (C=O) groups excluding carboxylic acids is 1.